The number of benzene rings is 4. The fourth-order valence-electron chi connectivity index (χ4n) is 7.58. The average molecular weight is 1070 g/mol. The maximum absolute atomic E-state index is 11.4. The number of hydrogen-bond donors (Lipinski definition) is 6. The molecule has 8 N–H and O–H groups in total. The molecule has 0 fully saturated rings. The fraction of sp³-hybridized carbons (Fsp3) is 0.458. The van der Waals surface area contributed by atoms with E-state index in [0.717, 1.165) is 84.1 Å². The van der Waals surface area contributed by atoms with Crippen molar-refractivity contribution >= 4 is 35.5 Å². The average Bonchev–Trinajstić information content (AvgIpc) is 3.44. The molecule has 0 atom stereocenters. The highest BCUT2D eigenvalue weighted by atomic mass is 16.5. The first kappa shape index (κ1) is 61.2. The third-order valence-electron chi connectivity index (χ3n) is 11.6. The van der Waals surface area contributed by atoms with Crippen molar-refractivity contribution in [3.8, 4) is 51.3 Å². The van der Waals surface area contributed by atoms with Gasteiger partial charge in [-0.15, -0.1) is 0 Å². The fourth-order valence-corrected chi connectivity index (χ4v) is 7.58. The molecule has 2 aromatic heterocycles. The van der Waals surface area contributed by atoms with E-state index in [1.807, 2.05) is 48.5 Å². The van der Waals surface area contributed by atoms with Crippen LogP contribution in [0.15, 0.2) is 97.1 Å². The molecule has 0 aliphatic rings. The summed E-state index contributed by atoms with van der Waals surface area (Å²) in [6.07, 6.45) is 13.4. The maximum atomic E-state index is 11.4. The number of rotatable bonds is 37. The minimum absolute atomic E-state index is 0.0675. The number of nitrogens with zero attached hydrogens (tertiary/aromatic N) is 6. The Morgan fingerprint density at radius 1 is 0.410 bits per heavy atom. The predicted molar refractivity (Wildman–Crippen MR) is 310 cm³/mol. The Labute approximate surface area is 460 Å². The van der Waals surface area contributed by atoms with Crippen LogP contribution in [0.1, 0.15) is 111 Å². The molecule has 0 saturated carbocycles. The van der Waals surface area contributed by atoms with E-state index in [9.17, 15) is 9.59 Å². The number of amides is 1. The van der Waals surface area contributed by atoms with E-state index in [-0.39, 0.29) is 30.1 Å². The topological polar surface area (TPSA) is 258 Å². The number of Topliss-reactive ketones (excluding diaryl/α,β-unsaturated/α-hetero) is 1. The summed E-state index contributed by atoms with van der Waals surface area (Å²) in [4.78, 5) is 48.2. The number of carbonyl (C=O) groups is 2. The van der Waals surface area contributed by atoms with Crippen molar-refractivity contribution in [3.05, 3.63) is 103 Å². The van der Waals surface area contributed by atoms with Crippen LogP contribution in [0.2, 0.25) is 0 Å². The van der Waals surface area contributed by atoms with Gasteiger partial charge in [-0.2, -0.15) is 29.9 Å². The first-order chi connectivity index (χ1) is 38.1. The highest BCUT2D eigenvalue weighted by Gasteiger charge is 2.11. The number of unbranched alkanes of at least 4 members (excludes halogenated alkanes) is 8. The molecule has 1 amide bonds. The van der Waals surface area contributed by atoms with Gasteiger partial charge < -0.3 is 51.1 Å². The van der Waals surface area contributed by atoms with Crippen LogP contribution in [0.3, 0.4) is 0 Å². The van der Waals surface area contributed by atoms with Crippen molar-refractivity contribution < 1.29 is 33.3 Å². The Bertz CT molecular complexity index is 2550. The molecule has 19 heteroatoms. The number of anilines is 4. The maximum Gasteiger partial charge on any atom is 0.323 e. The van der Waals surface area contributed by atoms with Gasteiger partial charge in [-0.3, -0.25) is 14.9 Å². The molecule has 0 aliphatic carbocycles. The number of nitrogens with two attached hydrogens (primary N) is 2. The summed E-state index contributed by atoms with van der Waals surface area (Å²) >= 11 is 0. The summed E-state index contributed by atoms with van der Waals surface area (Å²) in [5.74, 6) is 4.68. The van der Waals surface area contributed by atoms with E-state index >= 15 is 0 Å². The smallest absolute Gasteiger partial charge is 0.323 e. The predicted octanol–water partition coefficient (Wildman–Crippen LogP) is 10.3. The quantitative estimate of drug-likeness (QED) is 0.0198. The van der Waals surface area contributed by atoms with Gasteiger partial charge in [0.05, 0.1) is 39.5 Å². The summed E-state index contributed by atoms with van der Waals surface area (Å²) in [5.41, 5.74) is 15.6. The van der Waals surface area contributed by atoms with Crippen LogP contribution in [0.25, 0.3) is 22.3 Å². The molecule has 19 nitrogen and oxygen atoms in total. The molecular weight excluding hydrogens is 989 g/mol. The first-order valence-corrected chi connectivity index (χ1v) is 27.6. The molecule has 0 radical (unpaired) electrons. The normalized spacial score (nSPS) is 10.7. The lowest BCUT2D eigenvalue weighted by Gasteiger charge is -2.11. The monoisotopic (exact) mass is 1070 g/mol. The van der Waals surface area contributed by atoms with Crippen molar-refractivity contribution in [2.75, 3.05) is 87.0 Å². The Hall–Kier alpha value is -7.64. The molecular formula is C59H82N12O7. The van der Waals surface area contributed by atoms with Crippen LogP contribution in [0, 0.1) is 0 Å². The number of ketones is 1. The van der Waals surface area contributed by atoms with Gasteiger partial charge in [0.1, 0.15) is 34.6 Å². The second kappa shape index (κ2) is 36.4. The molecule has 420 valence electrons. The molecule has 0 saturated heterocycles. The van der Waals surface area contributed by atoms with Crippen molar-refractivity contribution in [3.63, 3.8) is 0 Å². The van der Waals surface area contributed by atoms with E-state index in [1.54, 1.807) is 0 Å². The van der Waals surface area contributed by atoms with Crippen molar-refractivity contribution in [1.82, 2.24) is 29.9 Å². The van der Waals surface area contributed by atoms with Crippen molar-refractivity contribution in [1.29, 1.82) is 0 Å². The highest BCUT2D eigenvalue weighted by Crippen LogP contribution is 2.27. The van der Waals surface area contributed by atoms with Crippen LogP contribution in [-0.4, -0.2) is 107 Å². The lowest BCUT2D eigenvalue weighted by molar-refractivity contribution is -0.116. The van der Waals surface area contributed by atoms with Crippen LogP contribution < -0.4 is 56.4 Å². The van der Waals surface area contributed by atoms with Gasteiger partial charge in [-0.05, 0) is 103 Å². The standard InChI is InChI=1S/C30H39N5O4.C29H43N7O3/c1-4-5-6-8-19-38-26-14-10-24(11-15-26)25-12-16-27(17-13-25)39-20-9-7-18-31-29-33-28(21-22(2)36)34-30(35-29)32-23(3)37;1-2-3-4-5-6-20-37-25-12-8-23(9-13-25)24-10-14-26(15-11-24)38-21-7-22-39-29-35-27(32-18-16-30)34-28(36-29)33-19-17-31/h10-17H,4-9,18-21H2,1-3H3,(H2,31,32,33,34,35,37);8-15H,2-7,16-22,30-31H2,1H3,(H2,32,33,34,35,36). The van der Waals surface area contributed by atoms with Gasteiger partial charge in [-0.25, -0.2) is 0 Å². The van der Waals surface area contributed by atoms with Crippen molar-refractivity contribution in [2.45, 2.75) is 111 Å². The van der Waals surface area contributed by atoms with Gasteiger partial charge in [-0.1, -0.05) is 107 Å². The summed E-state index contributed by atoms with van der Waals surface area (Å²) in [6, 6.07) is 32.9. The molecule has 6 rings (SSSR count). The number of carbonyl (C=O) groups excluding carboxylic acids is 2. The molecule has 6 aromatic rings. The molecule has 4 aromatic carbocycles. The van der Waals surface area contributed by atoms with Crippen LogP contribution >= 0.6 is 0 Å². The Kier molecular flexibility index (Phi) is 28.6. The zero-order chi connectivity index (χ0) is 55.4. The molecule has 0 spiro atoms. The number of nitrogens with one attached hydrogen (secondary N) is 4. The first-order valence-electron chi connectivity index (χ1n) is 27.6. The van der Waals surface area contributed by atoms with Crippen molar-refractivity contribution in [2.24, 2.45) is 11.5 Å². The number of ether oxygens (including phenoxy) is 5. The van der Waals surface area contributed by atoms with Crippen LogP contribution in [-0.2, 0) is 16.0 Å². The second-order valence-electron chi connectivity index (χ2n) is 18.5. The molecule has 0 unspecified atom stereocenters. The zero-order valence-electron chi connectivity index (χ0n) is 46.2. The zero-order valence-corrected chi connectivity index (χ0v) is 46.2. The third kappa shape index (κ3) is 24.6. The van der Waals surface area contributed by atoms with Gasteiger partial charge in [0.25, 0.3) is 0 Å². The van der Waals surface area contributed by atoms with E-state index in [4.69, 9.17) is 35.2 Å². The lowest BCUT2D eigenvalue weighted by atomic mass is 10.1. The summed E-state index contributed by atoms with van der Waals surface area (Å²) in [5, 5.41) is 11.7. The van der Waals surface area contributed by atoms with E-state index < -0.39 is 0 Å². The summed E-state index contributed by atoms with van der Waals surface area (Å²) in [7, 11) is 0. The Balaban J connectivity index is 0.000000287. The second-order valence-corrected chi connectivity index (χ2v) is 18.5. The molecule has 2 heterocycles. The summed E-state index contributed by atoms with van der Waals surface area (Å²) in [6.45, 7) is 12.9. The van der Waals surface area contributed by atoms with Gasteiger partial charge in [0.2, 0.25) is 29.7 Å². The van der Waals surface area contributed by atoms with Gasteiger partial charge in [0.15, 0.2) is 0 Å². The minimum Gasteiger partial charge on any atom is -0.494 e. The van der Waals surface area contributed by atoms with Crippen LogP contribution in [0.5, 0.6) is 29.0 Å². The van der Waals surface area contributed by atoms with Gasteiger partial charge >= 0.3 is 6.01 Å². The Morgan fingerprint density at radius 3 is 1.19 bits per heavy atom. The van der Waals surface area contributed by atoms with Crippen LogP contribution in [0.4, 0.5) is 23.8 Å². The third-order valence-corrected chi connectivity index (χ3v) is 11.6. The SMILES string of the molecule is CCCCCCCOc1ccc(-c2ccc(OCCCOc3nc(NCCN)nc(NCCN)n3)cc2)cc1.CCCCCCOc1ccc(-c2ccc(OCCCCNc3nc(CC(C)=O)nc(NC(C)=O)n3)cc2)cc1. The van der Waals surface area contributed by atoms with E-state index in [1.165, 1.54) is 58.8 Å². The van der Waals surface area contributed by atoms with Gasteiger partial charge in [0, 0.05) is 46.1 Å². The largest absolute Gasteiger partial charge is 0.494 e. The van der Waals surface area contributed by atoms with E-state index in [0.29, 0.717) is 82.6 Å². The minimum atomic E-state index is -0.290. The highest BCUT2D eigenvalue weighted by molar-refractivity contribution is 5.86. The Morgan fingerprint density at radius 2 is 0.769 bits per heavy atom. The lowest BCUT2D eigenvalue weighted by Crippen LogP contribution is -2.19. The number of hydrogen-bond acceptors (Lipinski definition) is 18. The molecule has 0 aliphatic heterocycles. The number of aromatic nitrogens is 6. The molecule has 0 bridgehead atoms. The summed E-state index contributed by atoms with van der Waals surface area (Å²) < 4.78 is 29.2. The molecule has 78 heavy (non-hydrogen) atoms. The van der Waals surface area contributed by atoms with E-state index in [2.05, 4.69) is 114 Å².